The fraction of sp³-hybridized carbons (Fsp3) is 0.462. The van der Waals surface area contributed by atoms with E-state index in [0.717, 1.165) is 0 Å². The predicted molar refractivity (Wildman–Crippen MR) is 73.0 cm³/mol. The maximum absolute atomic E-state index is 11.9. The number of halogens is 1. The maximum atomic E-state index is 11.9. The van der Waals surface area contributed by atoms with Crippen molar-refractivity contribution in [2.45, 2.75) is 26.3 Å². The highest BCUT2D eigenvalue weighted by Crippen LogP contribution is 2.12. The van der Waals surface area contributed by atoms with Gasteiger partial charge in [-0.05, 0) is 18.1 Å². The highest BCUT2D eigenvalue weighted by Gasteiger charge is 2.24. The molecular weight excluding hydrogens is 285 g/mol. The van der Waals surface area contributed by atoms with Crippen LogP contribution in [0.1, 0.15) is 20.3 Å². The molecule has 5 nitrogen and oxygen atoms in total. The second-order valence-electron chi connectivity index (χ2n) is 3.97. The normalized spacial score (nSPS) is 12.4. The van der Waals surface area contributed by atoms with Gasteiger partial charge in [-0.25, -0.2) is 9.18 Å². The average molecular weight is 303 g/mol. The smallest absolute Gasteiger partial charge is 0.332 e. The number of carbonyl (C=O) groups is 1. The summed E-state index contributed by atoms with van der Waals surface area (Å²) in [5, 5.41) is 0. The van der Waals surface area contributed by atoms with Gasteiger partial charge in [-0.1, -0.05) is 38.5 Å². The molecule has 0 aliphatic carbocycles. The minimum absolute atomic E-state index is 0.134. The quantitative estimate of drug-likeness (QED) is 0.801. The van der Waals surface area contributed by atoms with E-state index in [2.05, 4.69) is 9.10 Å². The van der Waals surface area contributed by atoms with E-state index in [1.165, 1.54) is 19.2 Å². The van der Waals surface area contributed by atoms with Crippen molar-refractivity contribution in [3.63, 3.8) is 0 Å². The van der Waals surface area contributed by atoms with Gasteiger partial charge in [-0.2, -0.15) is 12.8 Å². The molecule has 1 rings (SSSR count). The van der Waals surface area contributed by atoms with Gasteiger partial charge in [0, 0.05) is 0 Å². The van der Waals surface area contributed by atoms with Crippen LogP contribution in [0.3, 0.4) is 0 Å². The van der Waals surface area contributed by atoms with Gasteiger partial charge in [0.05, 0.1) is 7.11 Å². The monoisotopic (exact) mass is 303 g/mol. The lowest BCUT2D eigenvalue weighted by Crippen LogP contribution is -2.26. The van der Waals surface area contributed by atoms with Gasteiger partial charge in [-0.15, -0.1) is 0 Å². The Balaban J connectivity index is 0.000000428. The first-order chi connectivity index (χ1) is 9.42. The Kier molecular flexibility index (Phi) is 9.19. The summed E-state index contributed by atoms with van der Waals surface area (Å²) >= 11 is 0. The van der Waals surface area contributed by atoms with E-state index in [0.29, 0.717) is 6.42 Å². The second kappa shape index (κ2) is 10.1. The van der Waals surface area contributed by atoms with Crippen LogP contribution >= 0.6 is 0 Å². The fourth-order valence-corrected chi connectivity index (χ4v) is 1.71. The number of ether oxygens (including phenoxy) is 1. The van der Waals surface area contributed by atoms with Crippen LogP contribution < -0.4 is 0 Å². The van der Waals surface area contributed by atoms with Crippen molar-refractivity contribution in [3.8, 4) is 0 Å². The van der Waals surface area contributed by atoms with Crippen LogP contribution in [0.4, 0.5) is 4.39 Å². The molecule has 20 heavy (non-hydrogen) atoms. The first-order valence-corrected chi connectivity index (χ1v) is 7.04. The third-order valence-electron chi connectivity index (χ3n) is 2.56. The lowest BCUT2D eigenvalue weighted by atomic mass is 10.0. The number of hydrogen-bond donors (Lipinski definition) is 0. The minimum Gasteiger partial charge on any atom is -0.467 e. The molecule has 0 aromatic heterocycles. The van der Waals surface area contributed by atoms with Crippen molar-refractivity contribution in [1.29, 1.82) is 0 Å². The summed E-state index contributed by atoms with van der Waals surface area (Å²) in [5.74, 6) is -0.925. The number of esters is 1. The van der Waals surface area contributed by atoms with Crippen molar-refractivity contribution in [1.82, 2.24) is 0 Å². The summed E-state index contributed by atoms with van der Waals surface area (Å²) in [6.45, 7) is 3.60. The van der Waals surface area contributed by atoms with Gasteiger partial charge < -0.3 is 4.74 Å². The minimum atomic E-state index is -2.57. The van der Waals surface area contributed by atoms with Crippen LogP contribution in [0.2, 0.25) is 0 Å². The summed E-state index contributed by atoms with van der Waals surface area (Å²) in [4.78, 5) is 11.1. The molecule has 0 spiro atoms. The predicted octanol–water partition coefficient (Wildman–Crippen LogP) is 2.46. The average Bonchev–Trinajstić information content (AvgIpc) is 2.44. The van der Waals surface area contributed by atoms with Gasteiger partial charge >= 0.3 is 16.5 Å². The zero-order valence-electron chi connectivity index (χ0n) is 11.6. The van der Waals surface area contributed by atoms with Gasteiger partial charge in [0.25, 0.3) is 0 Å². The summed E-state index contributed by atoms with van der Waals surface area (Å²) in [5.41, 5.74) is 0. The molecule has 1 aromatic carbocycles. The zero-order chi connectivity index (χ0) is 15.5. The Labute approximate surface area is 119 Å². The lowest BCUT2D eigenvalue weighted by Gasteiger charge is -2.13. The Morgan fingerprint density at radius 2 is 1.90 bits per heavy atom. The Bertz CT molecular complexity index is 523. The Morgan fingerprint density at radius 1 is 1.35 bits per heavy atom. The molecule has 0 fully saturated rings. The van der Waals surface area contributed by atoms with E-state index in [1.54, 1.807) is 25.1 Å². The van der Waals surface area contributed by atoms with E-state index in [-0.39, 0.29) is 11.7 Å². The second-order valence-corrected chi connectivity index (χ2v) is 4.62. The molecule has 0 bridgehead atoms. The Hall–Kier alpha value is -1.76. The lowest BCUT2D eigenvalue weighted by molar-refractivity contribution is -0.143. The van der Waals surface area contributed by atoms with Crippen molar-refractivity contribution >= 4 is 16.5 Å². The molecule has 112 valence electrons. The highest BCUT2D eigenvalue weighted by atomic mass is 32.2. The summed E-state index contributed by atoms with van der Waals surface area (Å²) in [7, 11) is -1.36. The van der Waals surface area contributed by atoms with Crippen LogP contribution in [-0.4, -0.2) is 27.5 Å². The number of methoxy groups -OCH3 is 1. The largest absolute Gasteiger partial charge is 0.467 e. The van der Waals surface area contributed by atoms with Crippen LogP contribution in [0.15, 0.2) is 34.7 Å². The molecule has 2 unspecified atom stereocenters. The third kappa shape index (κ3) is 7.63. The number of rotatable bonds is 4. The molecule has 0 amide bonds. The first-order valence-electron chi connectivity index (χ1n) is 6.00. The molecule has 2 atom stereocenters. The molecular formula is C13H18FNO4S. The third-order valence-corrected chi connectivity index (χ3v) is 2.96. The van der Waals surface area contributed by atoms with E-state index < -0.39 is 22.5 Å². The van der Waals surface area contributed by atoms with Gasteiger partial charge in [0.1, 0.15) is 5.82 Å². The van der Waals surface area contributed by atoms with Gasteiger partial charge in [-0.3, -0.25) is 0 Å². The number of carbonyl (C=O) groups excluding carboxylic acids is 1. The summed E-state index contributed by atoms with van der Waals surface area (Å²) in [6, 6.07) is 7.03. The standard InChI is InChI=1S/C7H13NO4S.C6H5F/c1-4-5(2)6(7(9)12-3)8-13(10)11;7-6-4-2-1-3-5-6/h5-6H,4H2,1-3H3;1-5H. The van der Waals surface area contributed by atoms with Crippen molar-refractivity contribution in [2.24, 2.45) is 10.3 Å². The molecule has 7 heteroatoms. The molecule has 0 N–H and O–H groups in total. The molecule has 0 aliphatic rings. The highest BCUT2D eigenvalue weighted by molar-refractivity contribution is 7.61. The molecule has 0 heterocycles. The molecule has 0 radical (unpaired) electrons. The van der Waals surface area contributed by atoms with Crippen LogP contribution in [0, 0.1) is 11.7 Å². The summed E-state index contributed by atoms with van der Waals surface area (Å²) in [6.07, 6.45) is 0.667. The van der Waals surface area contributed by atoms with Crippen molar-refractivity contribution < 1.29 is 22.3 Å². The topological polar surface area (TPSA) is 72.8 Å². The number of hydrogen-bond acceptors (Lipinski definition) is 5. The van der Waals surface area contributed by atoms with Gasteiger partial charge in [0.2, 0.25) is 0 Å². The first kappa shape index (κ1) is 18.2. The van der Waals surface area contributed by atoms with E-state index in [4.69, 9.17) is 0 Å². The zero-order valence-corrected chi connectivity index (χ0v) is 12.4. The number of benzene rings is 1. The molecule has 0 saturated carbocycles. The summed E-state index contributed by atoms with van der Waals surface area (Å²) < 4.78 is 40.1. The van der Waals surface area contributed by atoms with E-state index in [9.17, 15) is 17.6 Å². The van der Waals surface area contributed by atoms with Gasteiger partial charge in [0.15, 0.2) is 6.04 Å². The molecule has 0 saturated heterocycles. The SMILES string of the molecule is CCC(C)C(N=S(=O)=O)C(=O)OC.Fc1ccccc1. The van der Waals surface area contributed by atoms with Crippen LogP contribution in [-0.2, 0) is 20.0 Å². The van der Waals surface area contributed by atoms with E-state index >= 15 is 0 Å². The van der Waals surface area contributed by atoms with Crippen LogP contribution in [0.25, 0.3) is 0 Å². The molecule has 0 aliphatic heterocycles. The fourth-order valence-electron chi connectivity index (χ4n) is 1.23. The number of nitrogens with zero attached hydrogens (tertiary/aromatic N) is 1. The molecule has 1 aromatic rings. The Morgan fingerprint density at radius 3 is 2.20 bits per heavy atom. The van der Waals surface area contributed by atoms with E-state index in [1.807, 2.05) is 6.92 Å². The maximum Gasteiger partial charge on any atom is 0.332 e. The van der Waals surface area contributed by atoms with Crippen molar-refractivity contribution in [3.05, 3.63) is 36.1 Å². The van der Waals surface area contributed by atoms with Crippen molar-refractivity contribution in [2.75, 3.05) is 7.11 Å². The van der Waals surface area contributed by atoms with Crippen LogP contribution in [0.5, 0.6) is 0 Å².